The van der Waals surface area contributed by atoms with Crippen molar-refractivity contribution < 1.29 is 13.2 Å². The van der Waals surface area contributed by atoms with Gasteiger partial charge in [-0.3, -0.25) is 9.89 Å². The van der Waals surface area contributed by atoms with Crippen LogP contribution in [0.4, 0.5) is 0 Å². The Labute approximate surface area is 129 Å². The average Bonchev–Trinajstić information content (AvgIpc) is 2.94. The Morgan fingerprint density at radius 1 is 1.36 bits per heavy atom. The number of carbonyl (C=O) groups is 1. The van der Waals surface area contributed by atoms with Gasteiger partial charge < -0.3 is 5.32 Å². The number of nitrogens with zero attached hydrogens (tertiary/aromatic N) is 1. The van der Waals surface area contributed by atoms with E-state index in [2.05, 4.69) is 15.5 Å². The van der Waals surface area contributed by atoms with E-state index in [1.165, 1.54) is 6.26 Å². The second kappa shape index (κ2) is 5.72. The van der Waals surface area contributed by atoms with E-state index in [1.54, 1.807) is 12.3 Å². The number of carbonyl (C=O) groups excluding carboxylic acids is 1. The van der Waals surface area contributed by atoms with Crippen molar-refractivity contribution in [2.24, 2.45) is 0 Å². The number of fused-ring (bicyclic) bond motifs is 1. The third-order valence-electron chi connectivity index (χ3n) is 4.29. The maximum Gasteiger partial charge on any atom is 0.253 e. The third kappa shape index (κ3) is 2.99. The molecule has 0 radical (unpaired) electrons. The monoisotopic (exact) mass is 321 g/mol. The fourth-order valence-electron chi connectivity index (χ4n) is 3.09. The third-order valence-corrected chi connectivity index (χ3v) is 5.93. The number of benzene rings is 1. The van der Waals surface area contributed by atoms with Crippen molar-refractivity contribution in [3.8, 4) is 0 Å². The van der Waals surface area contributed by atoms with Crippen LogP contribution in [-0.4, -0.2) is 42.1 Å². The van der Waals surface area contributed by atoms with Crippen LogP contribution in [0.1, 0.15) is 36.0 Å². The van der Waals surface area contributed by atoms with Crippen molar-refractivity contribution in [3.05, 3.63) is 30.0 Å². The molecular formula is C15H19N3O3S. The number of para-hydroxylation sites is 1. The number of nitrogens with one attached hydrogen (secondary N) is 2. The van der Waals surface area contributed by atoms with Crippen molar-refractivity contribution in [1.29, 1.82) is 0 Å². The van der Waals surface area contributed by atoms with Gasteiger partial charge in [-0.1, -0.05) is 18.6 Å². The molecule has 0 spiro atoms. The molecule has 1 saturated carbocycles. The topological polar surface area (TPSA) is 91.9 Å². The molecule has 1 fully saturated rings. The van der Waals surface area contributed by atoms with Crippen LogP contribution < -0.4 is 5.32 Å². The summed E-state index contributed by atoms with van der Waals surface area (Å²) in [6.45, 7) is 0. The Bertz CT molecular complexity index is 797. The largest absolute Gasteiger partial charge is 0.349 e. The lowest BCUT2D eigenvalue weighted by atomic mass is 9.94. The van der Waals surface area contributed by atoms with Gasteiger partial charge in [0.25, 0.3) is 5.91 Å². The highest BCUT2D eigenvalue weighted by molar-refractivity contribution is 7.91. The summed E-state index contributed by atoms with van der Waals surface area (Å²) in [4.78, 5) is 12.5. The molecule has 0 saturated heterocycles. The fourth-order valence-corrected chi connectivity index (χ4v) is 4.26. The van der Waals surface area contributed by atoms with Crippen LogP contribution in [0.2, 0.25) is 0 Å². The van der Waals surface area contributed by atoms with Crippen molar-refractivity contribution in [2.45, 2.75) is 37.0 Å². The first-order valence-electron chi connectivity index (χ1n) is 7.37. The predicted octanol–water partition coefficient (Wildman–Crippen LogP) is 1.65. The molecule has 7 heteroatoms. The number of hydrogen-bond donors (Lipinski definition) is 2. The molecule has 1 heterocycles. The molecule has 22 heavy (non-hydrogen) atoms. The van der Waals surface area contributed by atoms with E-state index in [4.69, 9.17) is 0 Å². The van der Waals surface area contributed by atoms with Crippen molar-refractivity contribution in [3.63, 3.8) is 0 Å². The van der Waals surface area contributed by atoms with Gasteiger partial charge in [0.15, 0.2) is 0 Å². The first-order chi connectivity index (χ1) is 10.4. The summed E-state index contributed by atoms with van der Waals surface area (Å²) in [6, 6.07) is 5.34. The number of H-pyrrole nitrogens is 1. The van der Waals surface area contributed by atoms with E-state index in [1.807, 2.05) is 12.1 Å². The van der Waals surface area contributed by atoms with E-state index in [9.17, 15) is 13.2 Å². The first-order valence-corrected chi connectivity index (χ1v) is 9.32. The summed E-state index contributed by atoms with van der Waals surface area (Å²) in [6.07, 6.45) is 5.75. The van der Waals surface area contributed by atoms with E-state index in [0.29, 0.717) is 23.9 Å². The molecule has 0 aliphatic heterocycles. The molecule has 1 aliphatic rings. The molecule has 2 aromatic rings. The van der Waals surface area contributed by atoms with Crippen LogP contribution in [0.5, 0.6) is 0 Å². The van der Waals surface area contributed by atoms with E-state index >= 15 is 0 Å². The highest BCUT2D eigenvalue weighted by Gasteiger charge is 2.30. The van der Waals surface area contributed by atoms with Crippen LogP contribution >= 0.6 is 0 Å². The summed E-state index contributed by atoms with van der Waals surface area (Å²) in [5, 5.41) is 10.3. The van der Waals surface area contributed by atoms with Gasteiger partial charge >= 0.3 is 0 Å². The maximum atomic E-state index is 12.5. The van der Waals surface area contributed by atoms with Gasteiger partial charge in [-0.2, -0.15) is 5.10 Å². The van der Waals surface area contributed by atoms with Gasteiger partial charge in [0.05, 0.1) is 22.5 Å². The first kappa shape index (κ1) is 15.0. The Balaban J connectivity index is 1.75. The quantitative estimate of drug-likeness (QED) is 0.899. The molecule has 118 valence electrons. The Morgan fingerprint density at radius 3 is 2.95 bits per heavy atom. The normalized spacial score (nSPS) is 22.6. The Kier molecular flexibility index (Phi) is 3.90. The fraction of sp³-hybridized carbons (Fsp3) is 0.467. The van der Waals surface area contributed by atoms with Crippen LogP contribution in [0.3, 0.4) is 0 Å². The molecule has 1 aromatic heterocycles. The minimum atomic E-state index is -3.05. The lowest BCUT2D eigenvalue weighted by Crippen LogP contribution is -2.41. The summed E-state index contributed by atoms with van der Waals surface area (Å²) >= 11 is 0. The van der Waals surface area contributed by atoms with Crippen LogP contribution in [0, 0.1) is 0 Å². The highest BCUT2D eigenvalue weighted by Crippen LogP contribution is 2.24. The Hall–Kier alpha value is -1.89. The molecule has 1 aliphatic carbocycles. The minimum Gasteiger partial charge on any atom is -0.349 e. The van der Waals surface area contributed by atoms with E-state index in [0.717, 1.165) is 18.2 Å². The molecule has 6 nitrogen and oxygen atoms in total. The van der Waals surface area contributed by atoms with E-state index in [-0.39, 0.29) is 17.2 Å². The van der Waals surface area contributed by atoms with E-state index < -0.39 is 9.84 Å². The molecule has 2 atom stereocenters. The number of hydrogen-bond acceptors (Lipinski definition) is 4. The summed E-state index contributed by atoms with van der Waals surface area (Å²) in [5.74, 6) is -0.186. The molecule has 1 amide bonds. The predicted molar refractivity (Wildman–Crippen MR) is 84.4 cm³/mol. The molecule has 0 unspecified atom stereocenters. The van der Waals surface area contributed by atoms with Gasteiger partial charge in [0.1, 0.15) is 9.84 Å². The van der Waals surface area contributed by atoms with Gasteiger partial charge in [0, 0.05) is 17.7 Å². The van der Waals surface area contributed by atoms with Gasteiger partial charge in [-0.25, -0.2) is 8.42 Å². The summed E-state index contributed by atoms with van der Waals surface area (Å²) < 4.78 is 23.4. The maximum absolute atomic E-state index is 12.5. The van der Waals surface area contributed by atoms with Crippen molar-refractivity contribution >= 4 is 26.6 Å². The van der Waals surface area contributed by atoms with Crippen LogP contribution in [0.15, 0.2) is 24.4 Å². The van der Waals surface area contributed by atoms with Crippen molar-refractivity contribution in [2.75, 3.05) is 6.26 Å². The Morgan fingerprint density at radius 2 is 2.18 bits per heavy atom. The smallest absolute Gasteiger partial charge is 0.253 e. The zero-order valence-electron chi connectivity index (χ0n) is 12.4. The highest BCUT2D eigenvalue weighted by atomic mass is 32.2. The molecule has 3 rings (SSSR count). The summed E-state index contributed by atoms with van der Waals surface area (Å²) in [7, 11) is -3.05. The molecule has 2 N–H and O–H groups in total. The standard InChI is InChI=1S/C15H19N3O3S/c1-22(20,21)12-6-3-5-11(8-12)17-15(19)13-7-2-4-10-9-16-18-14(10)13/h2,4,7,9,11-12H,3,5-6,8H2,1H3,(H,16,18)(H,17,19)/t11-,12+/m0/s1. The minimum absolute atomic E-state index is 0.0980. The number of amides is 1. The number of sulfone groups is 1. The zero-order chi connectivity index (χ0) is 15.7. The second-order valence-electron chi connectivity index (χ2n) is 5.93. The van der Waals surface area contributed by atoms with Gasteiger partial charge in [-0.05, 0) is 25.3 Å². The van der Waals surface area contributed by atoms with Gasteiger partial charge in [0.2, 0.25) is 0 Å². The lowest BCUT2D eigenvalue weighted by Gasteiger charge is -2.28. The zero-order valence-corrected chi connectivity index (χ0v) is 13.2. The average molecular weight is 321 g/mol. The summed E-state index contributed by atoms with van der Waals surface area (Å²) in [5.41, 5.74) is 1.24. The second-order valence-corrected chi connectivity index (χ2v) is 8.25. The van der Waals surface area contributed by atoms with Crippen LogP contribution in [0.25, 0.3) is 10.9 Å². The molecular weight excluding hydrogens is 302 g/mol. The molecule has 0 bridgehead atoms. The number of rotatable bonds is 3. The van der Waals surface area contributed by atoms with Crippen molar-refractivity contribution in [1.82, 2.24) is 15.5 Å². The SMILES string of the molecule is CS(=O)(=O)[C@@H]1CCC[C@H](NC(=O)c2cccc3cn[nH]c23)C1. The number of aromatic nitrogens is 2. The number of aromatic amines is 1. The molecule has 1 aromatic carbocycles. The van der Waals surface area contributed by atoms with Gasteiger partial charge in [-0.15, -0.1) is 0 Å². The van der Waals surface area contributed by atoms with Crippen LogP contribution in [-0.2, 0) is 9.84 Å². The lowest BCUT2D eigenvalue weighted by molar-refractivity contribution is 0.0929.